The average Bonchev–Trinajstić information content (AvgIpc) is 3.44. The van der Waals surface area contributed by atoms with Gasteiger partial charge in [0.15, 0.2) is 22.6 Å². The number of anilines is 3. The summed E-state index contributed by atoms with van der Waals surface area (Å²) in [5, 5.41) is 11.4. The molecular formula is C32H42N8OS2. The van der Waals surface area contributed by atoms with Crippen LogP contribution >= 0.6 is 23.5 Å². The highest BCUT2D eigenvalue weighted by molar-refractivity contribution is 7.99. The van der Waals surface area contributed by atoms with E-state index in [1.807, 2.05) is 25.1 Å². The van der Waals surface area contributed by atoms with Gasteiger partial charge < -0.3 is 19.9 Å². The lowest BCUT2D eigenvalue weighted by Crippen LogP contribution is -2.52. The summed E-state index contributed by atoms with van der Waals surface area (Å²) in [5.74, 6) is 3.61. The first kappa shape index (κ1) is 31.2. The number of benzene rings is 1. The van der Waals surface area contributed by atoms with Crippen LogP contribution in [0, 0.1) is 6.92 Å². The van der Waals surface area contributed by atoms with Crippen molar-refractivity contribution in [1.29, 1.82) is 0 Å². The number of aromatic amines is 1. The van der Waals surface area contributed by atoms with Crippen molar-refractivity contribution in [3.63, 3.8) is 0 Å². The van der Waals surface area contributed by atoms with E-state index in [0.29, 0.717) is 28.6 Å². The molecular weight excluding hydrogens is 577 g/mol. The molecule has 228 valence electrons. The summed E-state index contributed by atoms with van der Waals surface area (Å²) in [7, 11) is 3.90. The van der Waals surface area contributed by atoms with Crippen LogP contribution in [-0.4, -0.2) is 95.2 Å². The molecule has 1 aromatic carbocycles. The van der Waals surface area contributed by atoms with Gasteiger partial charge in [0, 0.05) is 72.6 Å². The maximum Gasteiger partial charge on any atom is 0.204 e. The second-order valence-corrected chi connectivity index (χ2v) is 13.0. The third-order valence-corrected chi connectivity index (χ3v) is 9.79. The van der Waals surface area contributed by atoms with Gasteiger partial charge in [-0.25, -0.2) is 9.97 Å². The molecule has 2 aromatic heterocycles. The van der Waals surface area contributed by atoms with Gasteiger partial charge in [-0.2, -0.15) is 5.10 Å². The molecule has 3 aromatic rings. The van der Waals surface area contributed by atoms with Crippen molar-refractivity contribution in [2.24, 2.45) is 0 Å². The molecule has 5 rings (SSSR count). The second kappa shape index (κ2) is 15.0. The molecule has 9 nitrogen and oxygen atoms in total. The molecule has 11 heteroatoms. The van der Waals surface area contributed by atoms with Crippen LogP contribution in [-0.2, 0) is 0 Å². The first-order valence-corrected chi connectivity index (χ1v) is 16.5. The van der Waals surface area contributed by atoms with Gasteiger partial charge in [0.1, 0.15) is 0 Å². The number of hydrogen-bond acceptors (Lipinski definition) is 10. The number of piperazine rings is 1. The third-order valence-electron chi connectivity index (χ3n) is 7.83. The number of thioether (sulfide) groups is 1. The third kappa shape index (κ3) is 8.23. The average molecular weight is 619 g/mol. The van der Waals surface area contributed by atoms with Crippen molar-refractivity contribution in [3.05, 3.63) is 73.0 Å². The normalized spacial score (nSPS) is 17.2. The van der Waals surface area contributed by atoms with Gasteiger partial charge in [-0.15, -0.1) is 11.8 Å². The van der Waals surface area contributed by atoms with Crippen LogP contribution in [0.4, 0.5) is 17.5 Å². The summed E-state index contributed by atoms with van der Waals surface area (Å²) in [5.41, 5.74) is 2.12. The highest BCUT2D eigenvalue weighted by Crippen LogP contribution is 2.39. The summed E-state index contributed by atoms with van der Waals surface area (Å²) in [6, 6.07) is 11.1. The predicted molar refractivity (Wildman–Crippen MR) is 179 cm³/mol. The number of allylic oxidation sites excluding steroid dienone is 3. The fourth-order valence-electron chi connectivity index (χ4n) is 5.39. The van der Waals surface area contributed by atoms with Crippen molar-refractivity contribution >= 4 is 41.0 Å². The minimum absolute atomic E-state index is 0.612. The van der Waals surface area contributed by atoms with Gasteiger partial charge in [0.25, 0.3) is 0 Å². The number of ether oxygens (including phenoxy) is 1. The first-order chi connectivity index (χ1) is 20.9. The molecule has 2 N–H and O–H groups in total. The van der Waals surface area contributed by atoms with Gasteiger partial charge in [0.2, 0.25) is 5.75 Å². The number of methoxy groups -OCH3 is 1. The van der Waals surface area contributed by atoms with E-state index in [9.17, 15) is 0 Å². The van der Waals surface area contributed by atoms with Crippen molar-refractivity contribution < 1.29 is 4.74 Å². The topological polar surface area (TPSA) is 85.4 Å². The summed E-state index contributed by atoms with van der Waals surface area (Å²) < 4.78 is 5.94. The maximum atomic E-state index is 5.94. The molecule has 43 heavy (non-hydrogen) atoms. The fourth-order valence-corrected chi connectivity index (χ4v) is 7.01. The van der Waals surface area contributed by atoms with Crippen LogP contribution < -0.4 is 15.0 Å². The van der Waals surface area contributed by atoms with Crippen molar-refractivity contribution in [3.8, 4) is 5.75 Å². The minimum Gasteiger partial charge on any atom is -0.490 e. The molecule has 0 atom stereocenters. The molecule has 0 unspecified atom stereocenters. The molecule has 4 heterocycles. The van der Waals surface area contributed by atoms with Crippen molar-refractivity contribution in [2.45, 2.75) is 40.8 Å². The van der Waals surface area contributed by atoms with E-state index in [1.165, 1.54) is 4.90 Å². The van der Waals surface area contributed by atoms with Gasteiger partial charge in [0.05, 0.1) is 7.11 Å². The molecule has 0 spiro atoms. The SMILES string of the molecule is C=C/C=C(\C=C)CSc1ccc(Sc2nc(Nc3cc(C)[nH]n3)c(OC)c(N3CCC(N4CCN(C)CC4)CC3)n2)cc1. The zero-order valence-electron chi connectivity index (χ0n) is 25.4. The van der Waals surface area contributed by atoms with Gasteiger partial charge in [-0.1, -0.05) is 31.4 Å². The number of nitrogens with one attached hydrogen (secondary N) is 2. The molecule has 0 aliphatic carbocycles. The Balaban J connectivity index is 1.35. The maximum absolute atomic E-state index is 5.94. The molecule has 2 fully saturated rings. The molecule has 0 saturated carbocycles. The Morgan fingerprint density at radius 3 is 2.42 bits per heavy atom. The number of aryl methyl sites for hydroxylation is 1. The number of piperidine rings is 1. The molecule has 2 aliphatic rings. The second-order valence-electron chi connectivity index (χ2n) is 10.9. The number of aromatic nitrogens is 4. The Morgan fingerprint density at radius 2 is 1.79 bits per heavy atom. The largest absolute Gasteiger partial charge is 0.490 e. The van der Waals surface area contributed by atoms with Crippen LogP contribution in [0.1, 0.15) is 18.5 Å². The van der Waals surface area contributed by atoms with Crippen molar-refractivity contribution in [2.75, 3.05) is 69.4 Å². The van der Waals surface area contributed by atoms with E-state index in [4.69, 9.17) is 14.7 Å². The number of nitrogens with zero attached hydrogens (tertiary/aromatic N) is 6. The van der Waals surface area contributed by atoms with Gasteiger partial charge in [-0.05, 0) is 68.4 Å². The predicted octanol–water partition coefficient (Wildman–Crippen LogP) is 6.02. The van der Waals surface area contributed by atoms with Crippen molar-refractivity contribution in [1.82, 2.24) is 30.0 Å². The number of rotatable bonds is 12. The van der Waals surface area contributed by atoms with E-state index >= 15 is 0 Å². The standard InChI is InChI=1S/C32H42N8OS2/c1-6-8-24(7-2)22-42-26-9-11-27(12-10-26)43-32-34-30(33-28-21-23(3)36-37-28)29(41-5)31(35-32)40-15-13-25(14-16-40)39-19-17-38(4)18-20-39/h6-12,21,25H,1-2,13-20,22H2,3-5H3,(H2,33,34,35,36,37)/b24-8+. The first-order valence-electron chi connectivity index (χ1n) is 14.7. The molecule has 0 radical (unpaired) electrons. The smallest absolute Gasteiger partial charge is 0.204 e. The Morgan fingerprint density at radius 1 is 1.07 bits per heavy atom. The molecule has 0 amide bonds. The van der Waals surface area contributed by atoms with E-state index in [0.717, 1.165) is 79.8 Å². The lowest BCUT2D eigenvalue weighted by Gasteiger charge is -2.42. The van der Waals surface area contributed by atoms with Crippen LogP contribution in [0.25, 0.3) is 0 Å². The van der Waals surface area contributed by atoms with E-state index < -0.39 is 0 Å². The molecule has 0 bridgehead atoms. The minimum atomic E-state index is 0.612. The zero-order chi connectivity index (χ0) is 30.2. The van der Waals surface area contributed by atoms with E-state index in [1.54, 1.807) is 36.7 Å². The number of hydrogen-bond donors (Lipinski definition) is 2. The lowest BCUT2D eigenvalue weighted by molar-refractivity contribution is 0.0980. The lowest BCUT2D eigenvalue weighted by atomic mass is 10.0. The molecule has 2 saturated heterocycles. The van der Waals surface area contributed by atoms with Crippen LogP contribution in [0.5, 0.6) is 5.75 Å². The fraction of sp³-hybridized carbons (Fsp3) is 0.406. The molecule has 2 aliphatic heterocycles. The summed E-state index contributed by atoms with van der Waals surface area (Å²) in [6.45, 7) is 16.1. The Hall–Kier alpha value is -3.25. The zero-order valence-corrected chi connectivity index (χ0v) is 27.0. The van der Waals surface area contributed by atoms with Gasteiger partial charge in [-0.3, -0.25) is 10.00 Å². The van der Waals surface area contributed by atoms with Gasteiger partial charge >= 0.3 is 0 Å². The Kier molecular flexibility index (Phi) is 10.9. The monoisotopic (exact) mass is 618 g/mol. The quantitative estimate of drug-likeness (QED) is 0.143. The van der Waals surface area contributed by atoms with Crippen LogP contribution in [0.15, 0.2) is 82.2 Å². The number of H-pyrrole nitrogens is 1. The summed E-state index contributed by atoms with van der Waals surface area (Å²) in [6.07, 6.45) is 7.88. The number of likely N-dealkylation sites (N-methyl/N-ethyl adjacent to an activating group) is 1. The Bertz CT molecular complexity index is 1410. The van der Waals surface area contributed by atoms with E-state index in [-0.39, 0.29) is 0 Å². The highest BCUT2D eigenvalue weighted by atomic mass is 32.2. The van der Waals surface area contributed by atoms with Crippen LogP contribution in [0.3, 0.4) is 0 Å². The van der Waals surface area contributed by atoms with Crippen LogP contribution in [0.2, 0.25) is 0 Å². The Labute approximate surface area is 263 Å². The van der Waals surface area contributed by atoms with E-state index in [2.05, 4.69) is 74.7 Å². The summed E-state index contributed by atoms with van der Waals surface area (Å²) in [4.78, 5) is 19.7. The highest BCUT2D eigenvalue weighted by Gasteiger charge is 2.30. The summed E-state index contributed by atoms with van der Waals surface area (Å²) >= 11 is 3.32.